The van der Waals surface area contributed by atoms with Crippen LogP contribution in [-0.4, -0.2) is 32.3 Å². The van der Waals surface area contributed by atoms with E-state index in [9.17, 15) is 0 Å². The van der Waals surface area contributed by atoms with Gasteiger partial charge >= 0.3 is 0 Å². The van der Waals surface area contributed by atoms with Gasteiger partial charge in [0.2, 0.25) is 0 Å². The van der Waals surface area contributed by atoms with Crippen molar-refractivity contribution in [3.8, 4) is 0 Å². The number of aromatic nitrogens is 3. The Morgan fingerprint density at radius 2 is 2.15 bits per heavy atom. The van der Waals surface area contributed by atoms with Crippen molar-refractivity contribution in [1.29, 1.82) is 0 Å². The van der Waals surface area contributed by atoms with Gasteiger partial charge in [-0.25, -0.2) is 4.68 Å². The third-order valence-corrected chi connectivity index (χ3v) is 2.92. The molecule has 0 aromatic carbocycles. The molecule has 2 rings (SSSR count). The summed E-state index contributed by atoms with van der Waals surface area (Å²) in [6.45, 7) is 3.20. The third kappa shape index (κ3) is 1.81. The predicted molar refractivity (Wildman–Crippen MR) is 52.8 cm³/mol. The van der Waals surface area contributed by atoms with Crippen molar-refractivity contribution < 1.29 is 0 Å². The molecular weight excluding hydrogens is 184 g/mol. The zero-order chi connectivity index (χ0) is 9.26. The summed E-state index contributed by atoms with van der Waals surface area (Å²) in [5, 5.41) is 4.21. The van der Waals surface area contributed by atoms with Gasteiger partial charge in [0.05, 0.1) is 6.67 Å². The highest BCUT2D eigenvalue weighted by Crippen LogP contribution is 2.08. The van der Waals surface area contributed by atoms with Crippen LogP contribution in [0.4, 0.5) is 0 Å². The maximum Gasteiger partial charge on any atom is 0.198 e. The molecule has 5 heteroatoms. The lowest BCUT2D eigenvalue weighted by Gasteiger charge is -2.13. The topological polar surface area (TPSA) is 26.0 Å². The summed E-state index contributed by atoms with van der Waals surface area (Å²) in [7, 11) is 1.93. The number of hydrogen-bond acceptors (Lipinski definition) is 3. The van der Waals surface area contributed by atoms with Gasteiger partial charge in [0.1, 0.15) is 6.33 Å². The molecule has 0 atom stereocenters. The van der Waals surface area contributed by atoms with Gasteiger partial charge < -0.3 is 4.57 Å². The number of rotatable bonds is 2. The van der Waals surface area contributed by atoms with Crippen LogP contribution in [0.1, 0.15) is 12.8 Å². The Balaban J connectivity index is 2.09. The van der Waals surface area contributed by atoms with Crippen LogP contribution < -0.4 is 0 Å². The fourth-order valence-electron chi connectivity index (χ4n) is 1.63. The van der Waals surface area contributed by atoms with Crippen LogP contribution in [-0.2, 0) is 13.7 Å². The molecule has 72 valence electrons. The Hall–Kier alpha value is -0.680. The minimum atomic E-state index is 0.798. The Kier molecular flexibility index (Phi) is 2.46. The molecule has 1 aliphatic heterocycles. The first-order chi connectivity index (χ1) is 6.27. The molecule has 1 fully saturated rings. The monoisotopic (exact) mass is 198 g/mol. The van der Waals surface area contributed by atoms with E-state index in [1.54, 1.807) is 6.33 Å². The third-order valence-electron chi connectivity index (χ3n) is 2.42. The highest BCUT2D eigenvalue weighted by Gasteiger charge is 2.12. The maximum absolute atomic E-state index is 5.20. The van der Waals surface area contributed by atoms with Gasteiger partial charge in [-0.15, -0.1) is 0 Å². The standard InChI is InChI=1S/C8H14N4S/c1-10-6-9-12(8(10)13)7-11-4-2-3-5-11/h6H,2-5,7H2,1H3. The van der Waals surface area contributed by atoms with Crippen LogP contribution >= 0.6 is 12.2 Å². The fourth-order valence-corrected chi connectivity index (χ4v) is 1.78. The lowest BCUT2D eigenvalue weighted by Crippen LogP contribution is -2.23. The SMILES string of the molecule is Cn1cnn(CN2CCCC2)c1=S. The molecule has 13 heavy (non-hydrogen) atoms. The van der Waals surface area contributed by atoms with E-state index < -0.39 is 0 Å². The quantitative estimate of drug-likeness (QED) is 0.663. The van der Waals surface area contributed by atoms with E-state index in [1.807, 2.05) is 16.3 Å². The highest BCUT2D eigenvalue weighted by molar-refractivity contribution is 7.71. The number of likely N-dealkylation sites (tertiary alicyclic amines) is 1. The smallest absolute Gasteiger partial charge is 0.198 e. The minimum Gasteiger partial charge on any atom is -0.310 e. The van der Waals surface area contributed by atoms with Crippen molar-refractivity contribution in [1.82, 2.24) is 19.2 Å². The van der Waals surface area contributed by atoms with Crippen LogP contribution in [0.15, 0.2) is 6.33 Å². The van der Waals surface area contributed by atoms with Gasteiger partial charge in [0.25, 0.3) is 0 Å². The predicted octanol–water partition coefficient (Wildman–Crippen LogP) is 1.00. The first-order valence-corrected chi connectivity index (χ1v) is 4.99. The fraction of sp³-hybridized carbons (Fsp3) is 0.750. The summed E-state index contributed by atoms with van der Waals surface area (Å²) in [5.41, 5.74) is 0. The van der Waals surface area contributed by atoms with E-state index in [0.29, 0.717) is 0 Å². The lowest BCUT2D eigenvalue weighted by molar-refractivity contribution is 0.253. The van der Waals surface area contributed by atoms with Crippen LogP contribution in [0.25, 0.3) is 0 Å². The maximum atomic E-state index is 5.20. The average Bonchev–Trinajstić information content (AvgIpc) is 2.71. The summed E-state index contributed by atoms with van der Waals surface area (Å²) in [5.74, 6) is 0. The van der Waals surface area contributed by atoms with Crippen LogP contribution in [0.3, 0.4) is 0 Å². The van der Waals surface area contributed by atoms with Gasteiger partial charge in [-0.1, -0.05) is 0 Å². The molecule has 1 aliphatic rings. The Morgan fingerprint density at radius 1 is 1.46 bits per heavy atom. The summed E-state index contributed by atoms with van der Waals surface area (Å²) in [6, 6.07) is 0. The Morgan fingerprint density at radius 3 is 2.69 bits per heavy atom. The van der Waals surface area contributed by atoms with Gasteiger partial charge in [-0.3, -0.25) is 4.90 Å². The Bertz CT molecular complexity index is 334. The highest BCUT2D eigenvalue weighted by atomic mass is 32.1. The molecule has 0 spiro atoms. The molecule has 0 radical (unpaired) electrons. The first-order valence-electron chi connectivity index (χ1n) is 4.58. The van der Waals surface area contributed by atoms with Crippen molar-refractivity contribution in [3.05, 3.63) is 11.1 Å². The molecule has 1 saturated heterocycles. The second-order valence-corrected chi connectivity index (χ2v) is 3.86. The summed E-state index contributed by atoms with van der Waals surface area (Å²) < 4.78 is 4.54. The molecule has 0 amide bonds. The van der Waals surface area contributed by atoms with Crippen LogP contribution in [0.2, 0.25) is 0 Å². The van der Waals surface area contributed by atoms with Crippen molar-refractivity contribution in [2.75, 3.05) is 13.1 Å². The van der Waals surface area contributed by atoms with Crippen molar-refractivity contribution in [2.45, 2.75) is 19.5 Å². The molecular formula is C8H14N4S. The molecule has 1 aromatic rings. The number of hydrogen-bond donors (Lipinski definition) is 0. The van der Waals surface area contributed by atoms with Gasteiger partial charge in [0.15, 0.2) is 4.77 Å². The van der Waals surface area contributed by atoms with E-state index in [1.165, 1.54) is 25.9 Å². The second kappa shape index (κ2) is 3.59. The van der Waals surface area contributed by atoms with E-state index in [0.717, 1.165) is 11.4 Å². The van der Waals surface area contributed by atoms with Crippen molar-refractivity contribution in [3.63, 3.8) is 0 Å². The normalized spacial score (nSPS) is 18.2. The lowest BCUT2D eigenvalue weighted by atomic mass is 10.4. The molecule has 0 saturated carbocycles. The molecule has 1 aromatic heterocycles. The molecule has 2 heterocycles. The van der Waals surface area contributed by atoms with Crippen LogP contribution in [0, 0.1) is 4.77 Å². The molecule has 4 nitrogen and oxygen atoms in total. The van der Waals surface area contributed by atoms with Gasteiger partial charge in [0, 0.05) is 7.05 Å². The van der Waals surface area contributed by atoms with E-state index in [-0.39, 0.29) is 0 Å². The minimum absolute atomic E-state index is 0.798. The van der Waals surface area contributed by atoms with E-state index >= 15 is 0 Å². The zero-order valence-corrected chi connectivity index (χ0v) is 8.63. The first kappa shape index (κ1) is 8.90. The summed E-state index contributed by atoms with van der Waals surface area (Å²) in [4.78, 5) is 2.38. The summed E-state index contributed by atoms with van der Waals surface area (Å²) >= 11 is 5.20. The van der Waals surface area contributed by atoms with Crippen molar-refractivity contribution in [2.24, 2.45) is 7.05 Å². The van der Waals surface area contributed by atoms with Gasteiger partial charge in [-0.2, -0.15) is 5.10 Å². The second-order valence-electron chi connectivity index (χ2n) is 3.49. The van der Waals surface area contributed by atoms with Crippen LogP contribution in [0.5, 0.6) is 0 Å². The van der Waals surface area contributed by atoms with Gasteiger partial charge in [-0.05, 0) is 38.1 Å². The molecule has 0 aliphatic carbocycles. The number of aryl methyl sites for hydroxylation is 1. The summed E-state index contributed by atoms with van der Waals surface area (Å²) in [6.07, 6.45) is 4.37. The number of nitrogens with zero attached hydrogens (tertiary/aromatic N) is 4. The van der Waals surface area contributed by atoms with E-state index in [2.05, 4.69) is 10.00 Å². The molecule has 0 bridgehead atoms. The largest absolute Gasteiger partial charge is 0.310 e. The molecule has 0 unspecified atom stereocenters. The average molecular weight is 198 g/mol. The Labute approximate surface area is 82.8 Å². The van der Waals surface area contributed by atoms with Crippen molar-refractivity contribution >= 4 is 12.2 Å². The zero-order valence-electron chi connectivity index (χ0n) is 7.81. The molecule has 0 N–H and O–H groups in total. The van der Waals surface area contributed by atoms with E-state index in [4.69, 9.17) is 12.2 Å².